The van der Waals surface area contributed by atoms with Gasteiger partial charge >= 0.3 is 0 Å². The number of unbranched alkanes of at least 4 members (excludes halogenated alkanes) is 1. The van der Waals surface area contributed by atoms with E-state index in [4.69, 9.17) is 27.9 Å². The lowest BCUT2D eigenvalue weighted by Gasteiger charge is -2.32. The second-order valence-corrected chi connectivity index (χ2v) is 12.5. The maximum Gasteiger partial charge on any atom is 0.264 e. The molecule has 0 aliphatic carbocycles. The number of para-hydroxylation sites is 2. The lowest BCUT2D eigenvalue weighted by atomic mass is 10.1. The van der Waals surface area contributed by atoms with Gasteiger partial charge in [-0.2, -0.15) is 0 Å². The van der Waals surface area contributed by atoms with Crippen molar-refractivity contribution in [3.63, 3.8) is 0 Å². The SMILES string of the molecule is CCCCNC(=O)C(C)N(Cc1ccc(Cl)c(Cl)c1)C(=O)CN(c1ccccc1OCC)S(=O)(=O)c1ccc(C)cc1. The van der Waals surface area contributed by atoms with Crippen LogP contribution >= 0.6 is 23.2 Å². The molecule has 1 atom stereocenters. The Morgan fingerprint density at radius 2 is 1.67 bits per heavy atom. The lowest BCUT2D eigenvalue weighted by Crippen LogP contribution is -2.51. The van der Waals surface area contributed by atoms with Crippen molar-refractivity contribution in [3.05, 3.63) is 87.9 Å². The summed E-state index contributed by atoms with van der Waals surface area (Å²) in [6.07, 6.45) is 1.68. The van der Waals surface area contributed by atoms with Crippen LogP contribution in [-0.4, -0.2) is 50.9 Å². The largest absolute Gasteiger partial charge is 0.492 e. The molecule has 1 N–H and O–H groups in total. The van der Waals surface area contributed by atoms with Crippen LogP contribution in [0.3, 0.4) is 0 Å². The van der Waals surface area contributed by atoms with E-state index in [2.05, 4.69) is 5.32 Å². The fourth-order valence-electron chi connectivity index (χ4n) is 4.24. The first-order valence-corrected chi connectivity index (χ1v) is 16.0. The van der Waals surface area contributed by atoms with Crippen molar-refractivity contribution in [2.75, 3.05) is 24.0 Å². The zero-order valence-electron chi connectivity index (χ0n) is 24.3. The molecular weight excluding hydrogens is 597 g/mol. The molecule has 226 valence electrons. The van der Waals surface area contributed by atoms with Crippen LogP contribution in [0.25, 0.3) is 0 Å². The summed E-state index contributed by atoms with van der Waals surface area (Å²) >= 11 is 12.3. The Balaban J connectivity index is 2.06. The topological polar surface area (TPSA) is 96.0 Å². The Morgan fingerprint density at radius 1 is 0.976 bits per heavy atom. The van der Waals surface area contributed by atoms with E-state index >= 15 is 0 Å². The number of nitrogens with zero attached hydrogens (tertiary/aromatic N) is 2. The molecule has 0 aliphatic rings. The second kappa shape index (κ2) is 15.3. The standard InChI is InChI=1S/C31H37Cl2N3O5S/c1-5-7-18-34-31(38)23(4)35(20-24-14-17-26(32)27(33)19-24)30(37)21-36(28-10-8-9-11-29(28)41-6-2)42(39,40)25-15-12-22(3)13-16-25/h8-17,19,23H,5-7,18,20-21H2,1-4H3,(H,34,38). The molecule has 3 aromatic carbocycles. The number of hydrogen-bond acceptors (Lipinski definition) is 5. The van der Waals surface area contributed by atoms with Crippen LogP contribution in [0.2, 0.25) is 10.0 Å². The number of carbonyl (C=O) groups is 2. The highest BCUT2D eigenvalue weighted by Gasteiger charge is 2.33. The Hall–Kier alpha value is -3.27. The number of benzene rings is 3. The van der Waals surface area contributed by atoms with Crippen LogP contribution in [0.5, 0.6) is 5.75 Å². The molecule has 1 unspecified atom stereocenters. The average molecular weight is 635 g/mol. The van der Waals surface area contributed by atoms with Crippen molar-refractivity contribution >= 4 is 50.7 Å². The molecule has 0 heterocycles. The Morgan fingerprint density at radius 3 is 2.31 bits per heavy atom. The number of sulfonamides is 1. The second-order valence-electron chi connectivity index (χ2n) is 9.82. The van der Waals surface area contributed by atoms with Crippen LogP contribution in [0, 0.1) is 6.92 Å². The van der Waals surface area contributed by atoms with Gasteiger partial charge in [-0.1, -0.05) is 72.4 Å². The van der Waals surface area contributed by atoms with Crippen LogP contribution in [0.15, 0.2) is 71.6 Å². The number of halogens is 2. The number of aryl methyl sites for hydroxylation is 1. The molecule has 0 aromatic heterocycles. The van der Waals surface area contributed by atoms with Gasteiger partial charge in [-0.25, -0.2) is 8.42 Å². The fourth-order valence-corrected chi connectivity index (χ4v) is 5.99. The maximum atomic E-state index is 14.1. The van der Waals surface area contributed by atoms with Gasteiger partial charge in [-0.3, -0.25) is 13.9 Å². The number of carbonyl (C=O) groups excluding carboxylic acids is 2. The predicted molar refractivity (Wildman–Crippen MR) is 168 cm³/mol. The predicted octanol–water partition coefficient (Wildman–Crippen LogP) is 6.23. The molecule has 2 amide bonds. The first-order chi connectivity index (χ1) is 20.0. The normalized spacial score (nSPS) is 12.0. The van der Waals surface area contributed by atoms with Crippen LogP contribution in [0.1, 0.15) is 44.7 Å². The molecule has 0 saturated carbocycles. The van der Waals surface area contributed by atoms with Crippen molar-refractivity contribution in [2.45, 2.75) is 58.0 Å². The van der Waals surface area contributed by atoms with E-state index in [0.717, 1.165) is 22.7 Å². The third kappa shape index (κ3) is 8.40. The van der Waals surface area contributed by atoms with Crippen LogP contribution < -0.4 is 14.4 Å². The molecule has 3 aromatic rings. The van der Waals surface area contributed by atoms with Gasteiger partial charge in [-0.15, -0.1) is 0 Å². The molecule has 3 rings (SSSR count). The number of nitrogens with one attached hydrogen (secondary N) is 1. The van der Waals surface area contributed by atoms with E-state index in [0.29, 0.717) is 34.5 Å². The summed E-state index contributed by atoms with van der Waals surface area (Å²) in [7, 11) is -4.22. The van der Waals surface area contributed by atoms with Gasteiger partial charge in [0, 0.05) is 13.1 Å². The lowest BCUT2D eigenvalue weighted by molar-refractivity contribution is -0.139. The highest BCUT2D eigenvalue weighted by molar-refractivity contribution is 7.92. The molecular formula is C31H37Cl2N3O5S. The zero-order chi connectivity index (χ0) is 30.9. The summed E-state index contributed by atoms with van der Waals surface area (Å²) in [6.45, 7) is 7.46. The molecule has 0 bridgehead atoms. The number of anilines is 1. The van der Waals surface area contributed by atoms with Gasteiger partial charge in [0.1, 0.15) is 18.3 Å². The number of hydrogen-bond donors (Lipinski definition) is 1. The van der Waals surface area contributed by atoms with Crippen LogP contribution in [0.4, 0.5) is 5.69 Å². The number of ether oxygens (including phenoxy) is 1. The van der Waals surface area contributed by atoms with Gasteiger partial charge in [-0.05, 0) is 69.2 Å². The summed E-state index contributed by atoms with van der Waals surface area (Å²) < 4.78 is 34.9. The summed E-state index contributed by atoms with van der Waals surface area (Å²) in [6, 6.07) is 17.1. The quantitative estimate of drug-likeness (QED) is 0.212. The third-order valence-corrected chi connectivity index (χ3v) is 9.17. The minimum Gasteiger partial charge on any atom is -0.492 e. The fraction of sp³-hybridized carbons (Fsp3) is 0.355. The Bertz CT molecular complexity index is 1480. The summed E-state index contributed by atoms with van der Waals surface area (Å²) in [5.74, 6) is -0.620. The number of rotatable bonds is 14. The molecule has 8 nitrogen and oxygen atoms in total. The third-order valence-electron chi connectivity index (χ3n) is 6.66. The average Bonchev–Trinajstić information content (AvgIpc) is 2.96. The molecule has 0 radical (unpaired) electrons. The van der Waals surface area contributed by atoms with E-state index in [-0.39, 0.29) is 23.0 Å². The molecule has 0 aliphatic heterocycles. The summed E-state index contributed by atoms with van der Waals surface area (Å²) in [4.78, 5) is 28.6. The maximum absolute atomic E-state index is 14.1. The van der Waals surface area contributed by atoms with Crippen LogP contribution in [-0.2, 0) is 26.2 Å². The van der Waals surface area contributed by atoms with Gasteiger partial charge in [0.25, 0.3) is 10.0 Å². The van der Waals surface area contributed by atoms with Gasteiger partial charge in [0.15, 0.2) is 0 Å². The van der Waals surface area contributed by atoms with E-state index in [1.807, 2.05) is 13.8 Å². The van der Waals surface area contributed by atoms with Gasteiger partial charge in [0.2, 0.25) is 11.8 Å². The highest BCUT2D eigenvalue weighted by atomic mass is 35.5. The first-order valence-electron chi connectivity index (χ1n) is 13.8. The van der Waals surface area contributed by atoms with Gasteiger partial charge < -0.3 is 15.0 Å². The summed E-state index contributed by atoms with van der Waals surface area (Å²) in [5, 5.41) is 3.52. The van der Waals surface area contributed by atoms with Crippen molar-refractivity contribution < 1.29 is 22.7 Å². The molecule has 0 spiro atoms. The van der Waals surface area contributed by atoms with Gasteiger partial charge in [0.05, 0.1) is 27.2 Å². The molecule has 0 fully saturated rings. The van der Waals surface area contributed by atoms with E-state index in [1.165, 1.54) is 17.0 Å². The monoisotopic (exact) mass is 633 g/mol. The Labute approximate surface area is 258 Å². The number of amides is 2. The zero-order valence-corrected chi connectivity index (χ0v) is 26.6. The van der Waals surface area contributed by atoms with E-state index in [1.54, 1.807) is 68.4 Å². The molecule has 0 saturated heterocycles. The van der Waals surface area contributed by atoms with Crippen molar-refractivity contribution in [1.82, 2.24) is 10.2 Å². The van der Waals surface area contributed by atoms with E-state index in [9.17, 15) is 18.0 Å². The smallest absolute Gasteiger partial charge is 0.264 e. The minimum absolute atomic E-state index is 0.00358. The highest BCUT2D eigenvalue weighted by Crippen LogP contribution is 2.33. The summed E-state index contributed by atoms with van der Waals surface area (Å²) in [5.41, 5.74) is 1.73. The van der Waals surface area contributed by atoms with Crippen molar-refractivity contribution in [2.24, 2.45) is 0 Å². The minimum atomic E-state index is -4.22. The van der Waals surface area contributed by atoms with E-state index < -0.39 is 28.5 Å². The molecule has 11 heteroatoms. The molecule has 42 heavy (non-hydrogen) atoms. The van der Waals surface area contributed by atoms with Crippen molar-refractivity contribution in [1.29, 1.82) is 0 Å². The van der Waals surface area contributed by atoms with Crippen molar-refractivity contribution in [3.8, 4) is 5.75 Å². The first kappa shape index (κ1) is 33.2. The Kier molecular flexibility index (Phi) is 12.1.